The molecule has 0 amide bonds. The molecule has 0 rings (SSSR count). The van der Waals surface area contributed by atoms with Crippen molar-refractivity contribution in [3.05, 3.63) is 0 Å². The molecular weight excluding hydrogens is 203 g/mol. The molecule has 8 heavy (non-hydrogen) atoms. The van der Waals surface area contributed by atoms with Gasteiger partial charge in [-0.3, -0.25) is 0 Å². The van der Waals surface area contributed by atoms with Crippen LogP contribution in [0.1, 0.15) is 0 Å². The van der Waals surface area contributed by atoms with Crippen LogP contribution in [0.2, 0.25) is 6.32 Å². The predicted molar refractivity (Wildman–Crippen MR) is 52.1 cm³/mol. The van der Waals surface area contributed by atoms with E-state index in [1.165, 1.54) is 17.8 Å². The van der Waals surface area contributed by atoms with Crippen LogP contribution in [0.3, 0.4) is 0 Å². The summed E-state index contributed by atoms with van der Waals surface area (Å²) in [6, 6.07) is 0. The average molecular weight is 213 g/mol. The van der Waals surface area contributed by atoms with Gasteiger partial charge in [-0.05, 0) is 5.75 Å². The maximum Gasteiger partial charge on any atom is 0.102 e. The monoisotopic (exact) mass is 212 g/mol. The largest absolute Gasteiger partial charge is 0.102 e. The Hall–Kier alpha value is 1.24. The van der Waals surface area contributed by atoms with Crippen LogP contribution in [-0.2, 0) is 0 Å². The Morgan fingerprint density at radius 1 is 1.25 bits per heavy atom. The van der Waals surface area contributed by atoms with Gasteiger partial charge in [0.15, 0.2) is 0 Å². The van der Waals surface area contributed by atoms with Crippen molar-refractivity contribution in [2.24, 2.45) is 0 Å². The van der Waals surface area contributed by atoms with Gasteiger partial charge in [0.25, 0.3) is 0 Å². The van der Waals surface area contributed by atoms with E-state index in [-0.39, 0.29) is 0 Å². The molecule has 0 radical (unpaired) electrons. The highest BCUT2D eigenvalue weighted by Crippen LogP contribution is 2.21. The van der Waals surface area contributed by atoms with Gasteiger partial charge in [0.05, 0.1) is 0 Å². The van der Waals surface area contributed by atoms with E-state index < -0.39 is 0 Å². The molecular formula is C4H10BBrS2. The number of hydrogen-bond acceptors (Lipinski definition) is 2. The first-order valence-electron chi connectivity index (χ1n) is 2.72. The van der Waals surface area contributed by atoms with E-state index >= 15 is 0 Å². The van der Waals surface area contributed by atoms with Crippen molar-refractivity contribution in [3.63, 3.8) is 0 Å². The van der Waals surface area contributed by atoms with E-state index in [1.807, 2.05) is 21.6 Å². The number of alkyl halides is 1. The van der Waals surface area contributed by atoms with Gasteiger partial charge < -0.3 is 0 Å². The fourth-order valence-electron chi connectivity index (χ4n) is 0.233. The van der Waals surface area contributed by atoms with Crippen LogP contribution >= 0.6 is 37.5 Å². The Bertz CT molecular complexity index is 39.0. The van der Waals surface area contributed by atoms with E-state index in [1.54, 1.807) is 0 Å². The highest BCUT2D eigenvalue weighted by atomic mass is 79.9. The summed E-state index contributed by atoms with van der Waals surface area (Å²) in [4.78, 5) is 0. The van der Waals surface area contributed by atoms with Gasteiger partial charge in [-0.1, -0.05) is 43.8 Å². The van der Waals surface area contributed by atoms with Gasteiger partial charge in [0.2, 0.25) is 0 Å². The molecule has 48 valence electrons. The van der Waals surface area contributed by atoms with Crippen LogP contribution in [0.4, 0.5) is 0 Å². The predicted octanol–water partition coefficient (Wildman–Crippen LogP) is 1.81. The molecule has 0 heterocycles. The third-order valence-electron chi connectivity index (χ3n) is 0.531. The van der Waals surface area contributed by atoms with Crippen LogP contribution in [0.5, 0.6) is 0 Å². The molecule has 0 aliphatic heterocycles. The van der Waals surface area contributed by atoms with Crippen molar-refractivity contribution in [3.8, 4) is 0 Å². The summed E-state index contributed by atoms with van der Waals surface area (Å²) in [6.45, 7) is 0. The highest BCUT2D eigenvalue weighted by Gasteiger charge is 1.84. The van der Waals surface area contributed by atoms with Gasteiger partial charge in [0, 0.05) is 11.1 Å². The summed E-state index contributed by atoms with van der Waals surface area (Å²) in [5.41, 5.74) is 0. The normalized spacial score (nSPS) is 9.62. The van der Waals surface area contributed by atoms with Crippen LogP contribution in [0.25, 0.3) is 0 Å². The minimum atomic E-state index is 1.12. The standard InChI is InChI=1S/C4H10BBrS2/c5-1-3-7-8-4-2-6/h1-5H2. The molecule has 0 aromatic heterocycles. The molecule has 0 aliphatic rings. The van der Waals surface area contributed by atoms with Gasteiger partial charge in [-0.2, -0.15) is 0 Å². The summed E-state index contributed by atoms with van der Waals surface area (Å²) in [7, 11) is 6.12. The molecule has 0 fully saturated rings. The minimum Gasteiger partial charge on any atom is -0.0949 e. The molecule has 0 nitrogen and oxygen atoms in total. The second-order valence-electron chi connectivity index (χ2n) is 1.33. The maximum atomic E-state index is 3.37. The SMILES string of the molecule is BCCSSCCBr. The van der Waals surface area contributed by atoms with Crippen LogP contribution < -0.4 is 0 Å². The van der Waals surface area contributed by atoms with Crippen molar-refractivity contribution < 1.29 is 0 Å². The number of halogens is 1. The van der Waals surface area contributed by atoms with Crippen molar-refractivity contribution in [1.82, 2.24) is 0 Å². The zero-order valence-corrected chi connectivity index (χ0v) is 8.24. The number of rotatable bonds is 5. The fourth-order valence-corrected chi connectivity index (χ4v) is 3.28. The maximum absolute atomic E-state index is 3.37. The molecule has 4 heteroatoms. The van der Waals surface area contributed by atoms with Crippen LogP contribution in [-0.4, -0.2) is 24.7 Å². The van der Waals surface area contributed by atoms with Gasteiger partial charge >= 0.3 is 0 Å². The molecule has 0 saturated heterocycles. The molecule has 0 saturated carbocycles. The Morgan fingerprint density at radius 2 is 1.88 bits per heavy atom. The molecule has 0 N–H and O–H groups in total. The Labute approximate surface area is 68.5 Å². The van der Waals surface area contributed by atoms with Crippen molar-refractivity contribution in [2.75, 3.05) is 16.8 Å². The van der Waals surface area contributed by atoms with Gasteiger partial charge in [-0.25, -0.2) is 0 Å². The van der Waals surface area contributed by atoms with Gasteiger partial charge in [0.1, 0.15) is 7.85 Å². The fraction of sp³-hybridized carbons (Fsp3) is 1.00. The van der Waals surface area contributed by atoms with Crippen LogP contribution in [0, 0.1) is 0 Å². The summed E-state index contributed by atoms with van der Waals surface area (Å²) >= 11 is 3.37. The Kier molecular flexibility index (Phi) is 9.53. The summed E-state index contributed by atoms with van der Waals surface area (Å²) in [5, 5.41) is 1.12. The third kappa shape index (κ3) is 7.24. The smallest absolute Gasteiger partial charge is 0.0949 e. The average Bonchev–Trinajstić information content (AvgIpc) is 1.81. The zero-order valence-electron chi connectivity index (χ0n) is 5.02. The first kappa shape index (κ1) is 9.24. The quantitative estimate of drug-likeness (QED) is 0.295. The molecule has 0 bridgehead atoms. The van der Waals surface area contributed by atoms with E-state index in [4.69, 9.17) is 0 Å². The lowest BCUT2D eigenvalue weighted by Crippen LogP contribution is -1.75. The molecule has 0 aromatic carbocycles. The lowest BCUT2D eigenvalue weighted by Gasteiger charge is -1.92. The first-order valence-corrected chi connectivity index (χ1v) is 6.33. The van der Waals surface area contributed by atoms with E-state index in [2.05, 4.69) is 23.8 Å². The van der Waals surface area contributed by atoms with Gasteiger partial charge in [-0.15, -0.1) is 0 Å². The third-order valence-corrected chi connectivity index (χ3v) is 4.07. The summed E-state index contributed by atoms with van der Waals surface area (Å²) < 4.78 is 0. The molecule has 0 spiro atoms. The van der Waals surface area contributed by atoms with Crippen molar-refractivity contribution in [1.29, 1.82) is 0 Å². The Balaban J connectivity index is 2.53. The topological polar surface area (TPSA) is 0 Å². The molecule has 0 unspecified atom stereocenters. The second kappa shape index (κ2) is 8.24. The highest BCUT2D eigenvalue weighted by molar-refractivity contribution is 9.09. The number of hydrogen-bond donors (Lipinski definition) is 0. The lowest BCUT2D eigenvalue weighted by atomic mass is 10.1. The van der Waals surface area contributed by atoms with Crippen molar-refractivity contribution >= 4 is 45.4 Å². The lowest BCUT2D eigenvalue weighted by molar-refractivity contribution is 1.52. The van der Waals surface area contributed by atoms with Crippen LogP contribution in [0.15, 0.2) is 0 Å². The van der Waals surface area contributed by atoms with E-state index in [0.29, 0.717) is 0 Å². The van der Waals surface area contributed by atoms with E-state index in [0.717, 1.165) is 5.33 Å². The van der Waals surface area contributed by atoms with Crippen molar-refractivity contribution in [2.45, 2.75) is 6.32 Å². The minimum absolute atomic E-state index is 1.12. The molecule has 0 atom stereocenters. The zero-order chi connectivity index (χ0) is 6.24. The molecule has 0 aromatic rings. The Morgan fingerprint density at radius 3 is 2.38 bits per heavy atom. The van der Waals surface area contributed by atoms with E-state index in [9.17, 15) is 0 Å². The summed E-state index contributed by atoms with van der Waals surface area (Å²) in [6.07, 6.45) is 1.29. The first-order chi connectivity index (χ1) is 3.91. The molecule has 0 aliphatic carbocycles. The summed E-state index contributed by atoms with van der Waals surface area (Å²) in [5.74, 6) is 2.52. The second-order valence-corrected chi connectivity index (χ2v) is 4.83.